The van der Waals surface area contributed by atoms with Crippen LogP contribution in [-0.2, 0) is 16.3 Å². The van der Waals surface area contributed by atoms with Crippen LogP contribution in [-0.4, -0.2) is 32.5 Å². The van der Waals surface area contributed by atoms with Crippen molar-refractivity contribution in [2.24, 2.45) is 0 Å². The van der Waals surface area contributed by atoms with E-state index in [2.05, 4.69) is 22.8 Å². The zero-order chi connectivity index (χ0) is 11.4. The first-order chi connectivity index (χ1) is 7.66. The average molecular weight is 259 g/mol. The molecule has 1 aliphatic heterocycles. The van der Waals surface area contributed by atoms with Crippen molar-refractivity contribution in [1.29, 1.82) is 0 Å². The lowest BCUT2D eigenvalue weighted by Gasteiger charge is -2.22. The molecule has 0 saturated carbocycles. The SMILES string of the molecule is O=S1(=O)CCC(NCCc2cccs2)CC1. The van der Waals surface area contributed by atoms with Crippen molar-refractivity contribution in [3.8, 4) is 0 Å². The summed E-state index contributed by atoms with van der Waals surface area (Å²) in [7, 11) is -2.72. The molecule has 2 rings (SSSR count). The highest BCUT2D eigenvalue weighted by molar-refractivity contribution is 7.91. The molecule has 1 aliphatic rings. The summed E-state index contributed by atoms with van der Waals surface area (Å²) in [4.78, 5) is 1.39. The second kappa shape index (κ2) is 5.29. The minimum absolute atomic E-state index is 0.351. The molecule has 0 radical (unpaired) electrons. The zero-order valence-corrected chi connectivity index (χ0v) is 10.8. The number of rotatable bonds is 4. The molecule has 1 aromatic heterocycles. The lowest BCUT2D eigenvalue weighted by molar-refractivity contribution is 0.467. The van der Waals surface area contributed by atoms with E-state index < -0.39 is 9.84 Å². The molecule has 1 saturated heterocycles. The zero-order valence-electron chi connectivity index (χ0n) is 9.19. The molecule has 1 N–H and O–H groups in total. The average Bonchev–Trinajstić information content (AvgIpc) is 2.73. The monoisotopic (exact) mass is 259 g/mol. The van der Waals surface area contributed by atoms with Gasteiger partial charge in [-0.15, -0.1) is 11.3 Å². The molecular formula is C11H17NO2S2. The molecule has 0 spiro atoms. The fourth-order valence-corrected chi connectivity index (χ4v) is 4.15. The van der Waals surface area contributed by atoms with E-state index in [1.54, 1.807) is 11.3 Å². The molecule has 0 aromatic carbocycles. The normalized spacial score (nSPS) is 21.0. The Bertz CT molecular complexity index is 397. The third-order valence-electron chi connectivity index (χ3n) is 2.94. The van der Waals surface area contributed by atoms with Crippen LogP contribution in [0.15, 0.2) is 17.5 Å². The summed E-state index contributed by atoms with van der Waals surface area (Å²) in [6, 6.07) is 4.59. The molecule has 0 bridgehead atoms. The topological polar surface area (TPSA) is 46.2 Å². The number of hydrogen-bond acceptors (Lipinski definition) is 4. The number of sulfone groups is 1. The molecule has 90 valence electrons. The second-order valence-electron chi connectivity index (χ2n) is 4.21. The lowest BCUT2D eigenvalue weighted by Crippen LogP contribution is -2.38. The predicted octanol–water partition coefficient (Wildman–Crippen LogP) is 1.46. The highest BCUT2D eigenvalue weighted by Crippen LogP contribution is 2.13. The molecule has 1 fully saturated rings. The maximum absolute atomic E-state index is 11.2. The second-order valence-corrected chi connectivity index (χ2v) is 7.55. The molecule has 5 heteroatoms. The first-order valence-corrected chi connectivity index (χ1v) is 8.32. The van der Waals surface area contributed by atoms with Crippen LogP contribution in [0.25, 0.3) is 0 Å². The Labute approximate surface area is 101 Å². The van der Waals surface area contributed by atoms with Gasteiger partial charge in [-0.25, -0.2) is 8.42 Å². The van der Waals surface area contributed by atoms with E-state index in [0.29, 0.717) is 17.5 Å². The fraction of sp³-hybridized carbons (Fsp3) is 0.636. The van der Waals surface area contributed by atoms with Crippen molar-refractivity contribution >= 4 is 21.2 Å². The summed E-state index contributed by atoms with van der Waals surface area (Å²) >= 11 is 1.77. The third kappa shape index (κ3) is 3.57. The Morgan fingerprint density at radius 2 is 2.12 bits per heavy atom. The lowest BCUT2D eigenvalue weighted by atomic mass is 10.1. The molecular weight excluding hydrogens is 242 g/mol. The molecule has 0 unspecified atom stereocenters. The first kappa shape index (κ1) is 12.1. The van der Waals surface area contributed by atoms with Crippen LogP contribution in [0.5, 0.6) is 0 Å². The van der Waals surface area contributed by atoms with E-state index in [0.717, 1.165) is 25.8 Å². The van der Waals surface area contributed by atoms with Gasteiger partial charge in [-0.3, -0.25) is 0 Å². The number of nitrogens with one attached hydrogen (secondary N) is 1. The minimum Gasteiger partial charge on any atom is -0.314 e. The van der Waals surface area contributed by atoms with Crippen LogP contribution in [0.4, 0.5) is 0 Å². The summed E-state index contributed by atoms with van der Waals surface area (Å²) < 4.78 is 22.5. The summed E-state index contributed by atoms with van der Waals surface area (Å²) in [5.41, 5.74) is 0. The fourth-order valence-electron chi connectivity index (χ4n) is 1.95. The van der Waals surface area contributed by atoms with Gasteiger partial charge >= 0.3 is 0 Å². The van der Waals surface area contributed by atoms with Crippen LogP contribution in [0.1, 0.15) is 17.7 Å². The van der Waals surface area contributed by atoms with Crippen LogP contribution in [0, 0.1) is 0 Å². The standard InChI is InChI=1S/C11H17NO2S2/c13-16(14)8-4-10(5-9-16)12-6-3-11-2-1-7-15-11/h1-2,7,10,12H,3-6,8-9H2. The Balaban J connectivity index is 1.68. The Morgan fingerprint density at radius 3 is 2.75 bits per heavy atom. The maximum Gasteiger partial charge on any atom is 0.150 e. The minimum atomic E-state index is -2.72. The summed E-state index contributed by atoms with van der Waals surface area (Å²) in [5.74, 6) is 0.702. The van der Waals surface area contributed by atoms with Gasteiger partial charge in [0.1, 0.15) is 9.84 Å². The number of hydrogen-bond donors (Lipinski definition) is 1. The summed E-state index contributed by atoms with van der Waals surface area (Å²) in [5, 5.41) is 5.53. The molecule has 1 aromatic rings. The number of thiophene rings is 1. The van der Waals surface area contributed by atoms with Gasteiger partial charge in [0.15, 0.2) is 0 Å². The molecule has 2 heterocycles. The molecule has 3 nitrogen and oxygen atoms in total. The highest BCUT2D eigenvalue weighted by atomic mass is 32.2. The van der Waals surface area contributed by atoms with E-state index in [9.17, 15) is 8.42 Å². The molecule has 16 heavy (non-hydrogen) atoms. The molecule has 0 amide bonds. The van der Waals surface area contributed by atoms with Crippen molar-refractivity contribution < 1.29 is 8.42 Å². The predicted molar refractivity (Wildman–Crippen MR) is 67.7 cm³/mol. The van der Waals surface area contributed by atoms with E-state index in [1.807, 2.05) is 0 Å². The van der Waals surface area contributed by atoms with Gasteiger partial charge in [-0.2, -0.15) is 0 Å². The molecule has 0 atom stereocenters. The van der Waals surface area contributed by atoms with E-state index in [4.69, 9.17) is 0 Å². The largest absolute Gasteiger partial charge is 0.314 e. The van der Waals surface area contributed by atoms with Crippen LogP contribution in [0.3, 0.4) is 0 Å². The van der Waals surface area contributed by atoms with Gasteiger partial charge < -0.3 is 5.32 Å². The molecule has 0 aliphatic carbocycles. The van der Waals surface area contributed by atoms with Crippen molar-refractivity contribution in [1.82, 2.24) is 5.32 Å². The van der Waals surface area contributed by atoms with Crippen molar-refractivity contribution in [2.75, 3.05) is 18.1 Å². The quantitative estimate of drug-likeness (QED) is 0.890. The van der Waals surface area contributed by atoms with Gasteiger partial charge in [0.2, 0.25) is 0 Å². The van der Waals surface area contributed by atoms with Gasteiger partial charge in [-0.05, 0) is 30.7 Å². The van der Waals surface area contributed by atoms with Crippen molar-refractivity contribution in [3.63, 3.8) is 0 Å². The Hall–Kier alpha value is -0.390. The van der Waals surface area contributed by atoms with E-state index >= 15 is 0 Å². The van der Waals surface area contributed by atoms with E-state index in [-0.39, 0.29) is 0 Å². The van der Waals surface area contributed by atoms with Gasteiger partial charge in [-0.1, -0.05) is 6.07 Å². The first-order valence-electron chi connectivity index (χ1n) is 5.62. The van der Waals surface area contributed by atoms with Gasteiger partial charge in [0.25, 0.3) is 0 Å². The van der Waals surface area contributed by atoms with Crippen molar-refractivity contribution in [3.05, 3.63) is 22.4 Å². The van der Waals surface area contributed by atoms with Crippen LogP contribution in [0.2, 0.25) is 0 Å². The van der Waals surface area contributed by atoms with Crippen molar-refractivity contribution in [2.45, 2.75) is 25.3 Å². The van der Waals surface area contributed by atoms with Crippen LogP contribution >= 0.6 is 11.3 Å². The van der Waals surface area contributed by atoms with Crippen LogP contribution < -0.4 is 5.32 Å². The maximum atomic E-state index is 11.2. The third-order valence-corrected chi connectivity index (χ3v) is 5.59. The highest BCUT2D eigenvalue weighted by Gasteiger charge is 2.22. The summed E-state index contributed by atoms with van der Waals surface area (Å²) in [6.45, 7) is 0.950. The summed E-state index contributed by atoms with van der Waals surface area (Å²) in [6.07, 6.45) is 2.58. The smallest absolute Gasteiger partial charge is 0.150 e. The van der Waals surface area contributed by atoms with E-state index in [1.165, 1.54) is 4.88 Å². The van der Waals surface area contributed by atoms with Gasteiger partial charge in [0.05, 0.1) is 11.5 Å². The Morgan fingerprint density at radius 1 is 1.38 bits per heavy atom. The van der Waals surface area contributed by atoms with Gasteiger partial charge in [0, 0.05) is 17.5 Å². The Kier molecular flexibility index (Phi) is 4.00.